The molecule has 0 atom stereocenters. The van der Waals surface area contributed by atoms with Gasteiger partial charge in [0, 0.05) is 12.6 Å². The first kappa shape index (κ1) is 11.3. The van der Waals surface area contributed by atoms with E-state index in [0.29, 0.717) is 12.0 Å². The van der Waals surface area contributed by atoms with Gasteiger partial charge in [0.2, 0.25) is 0 Å². The smallest absolute Gasteiger partial charge is 0.185 e. The molecule has 0 bridgehead atoms. The van der Waals surface area contributed by atoms with Gasteiger partial charge in [-0.15, -0.1) is 0 Å². The van der Waals surface area contributed by atoms with Gasteiger partial charge in [0.15, 0.2) is 5.96 Å². The number of hydrogen-bond donors (Lipinski definition) is 3. The van der Waals surface area contributed by atoms with Gasteiger partial charge < -0.3 is 16.0 Å². The largest absolute Gasteiger partial charge is 0.370 e. The number of piperidine rings is 1. The quantitative estimate of drug-likeness (QED) is 0.459. The summed E-state index contributed by atoms with van der Waals surface area (Å²) in [7, 11) is 0. The lowest BCUT2D eigenvalue weighted by Gasteiger charge is -2.34. The predicted molar refractivity (Wildman–Crippen MR) is 59.3 cm³/mol. The molecule has 1 rings (SSSR count). The highest BCUT2D eigenvalue weighted by Gasteiger charge is 2.20. The molecule has 1 fully saturated rings. The molecule has 1 aliphatic rings. The van der Waals surface area contributed by atoms with Crippen molar-refractivity contribution in [2.45, 2.75) is 32.7 Å². The molecule has 0 saturated carbocycles. The zero-order valence-electron chi connectivity index (χ0n) is 9.21. The van der Waals surface area contributed by atoms with Crippen LogP contribution in [-0.2, 0) is 0 Å². The van der Waals surface area contributed by atoms with E-state index >= 15 is 0 Å². The molecule has 0 unspecified atom stereocenters. The molecular formula is C10H22N4. The van der Waals surface area contributed by atoms with E-state index in [0.717, 1.165) is 6.54 Å². The Labute approximate surface area is 86.4 Å². The van der Waals surface area contributed by atoms with Crippen LogP contribution in [0, 0.1) is 11.3 Å². The first-order valence-electron chi connectivity index (χ1n) is 5.41. The Bertz CT molecular complexity index is 183. The van der Waals surface area contributed by atoms with E-state index in [2.05, 4.69) is 24.1 Å². The Morgan fingerprint density at radius 1 is 1.50 bits per heavy atom. The van der Waals surface area contributed by atoms with Crippen molar-refractivity contribution < 1.29 is 0 Å². The SMILES string of the molecule is CC(C)N1CCC(CNC(=N)N)CC1. The van der Waals surface area contributed by atoms with E-state index in [1.54, 1.807) is 0 Å². The Balaban J connectivity index is 2.19. The highest BCUT2D eigenvalue weighted by Crippen LogP contribution is 2.17. The lowest BCUT2D eigenvalue weighted by atomic mass is 9.96. The van der Waals surface area contributed by atoms with Gasteiger partial charge in [-0.1, -0.05) is 0 Å². The number of nitrogens with one attached hydrogen (secondary N) is 2. The fraction of sp³-hybridized carbons (Fsp3) is 0.900. The van der Waals surface area contributed by atoms with Crippen molar-refractivity contribution in [2.75, 3.05) is 19.6 Å². The van der Waals surface area contributed by atoms with E-state index in [4.69, 9.17) is 11.1 Å². The number of nitrogens with two attached hydrogens (primary N) is 1. The van der Waals surface area contributed by atoms with Crippen LogP contribution in [0.2, 0.25) is 0 Å². The molecule has 0 aromatic carbocycles. The molecular weight excluding hydrogens is 176 g/mol. The van der Waals surface area contributed by atoms with Crippen LogP contribution >= 0.6 is 0 Å². The summed E-state index contributed by atoms with van der Waals surface area (Å²) < 4.78 is 0. The molecule has 14 heavy (non-hydrogen) atoms. The molecule has 0 aliphatic carbocycles. The minimum absolute atomic E-state index is 0.0938. The van der Waals surface area contributed by atoms with Crippen LogP contribution in [0.3, 0.4) is 0 Å². The van der Waals surface area contributed by atoms with Crippen molar-refractivity contribution >= 4 is 5.96 Å². The fourth-order valence-corrected chi connectivity index (χ4v) is 1.93. The van der Waals surface area contributed by atoms with Crippen molar-refractivity contribution in [3.05, 3.63) is 0 Å². The molecule has 82 valence electrons. The second-order valence-electron chi connectivity index (χ2n) is 4.37. The van der Waals surface area contributed by atoms with Crippen LogP contribution in [0.4, 0.5) is 0 Å². The van der Waals surface area contributed by atoms with Gasteiger partial charge in [-0.05, 0) is 45.7 Å². The third-order valence-corrected chi connectivity index (χ3v) is 2.96. The molecule has 4 heteroatoms. The maximum Gasteiger partial charge on any atom is 0.185 e. The molecule has 0 aromatic rings. The van der Waals surface area contributed by atoms with Crippen LogP contribution in [0.1, 0.15) is 26.7 Å². The molecule has 0 spiro atoms. The van der Waals surface area contributed by atoms with E-state index in [9.17, 15) is 0 Å². The summed E-state index contributed by atoms with van der Waals surface area (Å²) in [5.41, 5.74) is 5.25. The van der Waals surface area contributed by atoms with Gasteiger partial charge in [-0.2, -0.15) is 0 Å². The highest BCUT2D eigenvalue weighted by molar-refractivity contribution is 5.74. The van der Waals surface area contributed by atoms with E-state index < -0.39 is 0 Å². The van der Waals surface area contributed by atoms with Crippen molar-refractivity contribution in [2.24, 2.45) is 11.7 Å². The molecule has 1 heterocycles. The number of rotatable bonds is 3. The predicted octanol–water partition coefficient (Wildman–Crippen LogP) is 0.590. The van der Waals surface area contributed by atoms with Gasteiger partial charge in [-0.3, -0.25) is 5.41 Å². The third-order valence-electron chi connectivity index (χ3n) is 2.96. The summed E-state index contributed by atoms with van der Waals surface area (Å²) >= 11 is 0. The average Bonchev–Trinajstić information content (AvgIpc) is 2.15. The van der Waals surface area contributed by atoms with Crippen molar-refractivity contribution in [1.29, 1.82) is 5.41 Å². The lowest BCUT2D eigenvalue weighted by molar-refractivity contribution is 0.150. The van der Waals surface area contributed by atoms with Gasteiger partial charge in [0.1, 0.15) is 0 Å². The van der Waals surface area contributed by atoms with Gasteiger partial charge in [0.25, 0.3) is 0 Å². The minimum Gasteiger partial charge on any atom is -0.370 e. The molecule has 0 radical (unpaired) electrons. The first-order chi connectivity index (χ1) is 6.59. The van der Waals surface area contributed by atoms with Gasteiger partial charge in [0.05, 0.1) is 0 Å². The van der Waals surface area contributed by atoms with E-state index in [-0.39, 0.29) is 5.96 Å². The van der Waals surface area contributed by atoms with Gasteiger partial charge >= 0.3 is 0 Å². The molecule has 0 aromatic heterocycles. The molecule has 1 aliphatic heterocycles. The fourth-order valence-electron chi connectivity index (χ4n) is 1.93. The van der Waals surface area contributed by atoms with Crippen LogP contribution < -0.4 is 11.1 Å². The number of hydrogen-bond acceptors (Lipinski definition) is 2. The number of nitrogens with zero attached hydrogens (tertiary/aromatic N) is 1. The van der Waals surface area contributed by atoms with Crippen LogP contribution in [0.25, 0.3) is 0 Å². The summed E-state index contributed by atoms with van der Waals surface area (Å²) in [6.45, 7) is 7.72. The molecule has 1 saturated heterocycles. The van der Waals surface area contributed by atoms with Crippen LogP contribution in [-0.4, -0.2) is 36.5 Å². The lowest BCUT2D eigenvalue weighted by Crippen LogP contribution is -2.42. The Kier molecular flexibility index (Phi) is 4.20. The van der Waals surface area contributed by atoms with Crippen molar-refractivity contribution in [1.82, 2.24) is 10.2 Å². The van der Waals surface area contributed by atoms with Crippen molar-refractivity contribution in [3.63, 3.8) is 0 Å². The molecule has 4 nitrogen and oxygen atoms in total. The summed E-state index contributed by atoms with van der Waals surface area (Å²) in [6, 6.07) is 0.664. The Morgan fingerprint density at radius 3 is 2.50 bits per heavy atom. The molecule has 0 amide bonds. The third kappa shape index (κ3) is 3.54. The second kappa shape index (κ2) is 5.20. The monoisotopic (exact) mass is 198 g/mol. The second-order valence-corrected chi connectivity index (χ2v) is 4.37. The summed E-state index contributed by atoms with van der Waals surface area (Å²) in [6.07, 6.45) is 2.44. The van der Waals surface area contributed by atoms with E-state index in [1.807, 2.05) is 0 Å². The summed E-state index contributed by atoms with van der Waals surface area (Å²) in [5, 5.41) is 9.98. The Hall–Kier alpha value is -0.770. The first-order valence-corrected chi connectivity index (χ1v) is 5.41. The van der Waals surface area contributed by atoms with Crippen LogP contribution in [0.5, 0.6) is 0 Å². The van der Waals surface area contributed by atoms with Crippen LogP contribution in [0.15, 0.2) is 0 Å². The number of likely N-dealkylation sites (tertiary alicyclic amines) is 1. The topological polar surface area (TPSA) is 65.1 Å². The van der Waals surface area contributed by atoms with Crippen molar-refractivity contribution in [3.8, 4) is 0 Å². The maximum atomic E-state index is 7.08. The van der Waals surface area contributed by atoms with E-state index in [1.165, 1.54) is 25.9 Å². The van der Waals surface area contributed by atoms with Gasteiger partial charge in [-0.25, -0.2) is 0 Å². The zero-order valence-corrected chi connectivity index (χ0v) is 9.21. The highest BCUT2D eigenvalue weighted by atomic mass is 15.2. The molecule has 4 N–H and O–H groups in total. The Morgan fingerprint density at radius 2 is 2.07 bits per heavy atom. The summed E-state index contributed by atoms with van der Waals surface area (Å²) in [4.78, 5) is 2.50. The standard InChI is InChI=1S/C10H22N4/c1-8(2)14-5-3-9(4-6-14)7-13-10(11)12/h8-9H,3-7H2,1-2H3,(H4,11,12,13). The number of guanidine groups is 1. The maximum absolute atomic E-state index is 7.08. The average molecular weight is 198 g/mol. The normalized spacial score (nSPS) is 19.9. The minimum atomic E-state index is 0.0938. The zero-order chi connectivity index (χ0) is 10.6. The summed E-state index contributed by atoms with van der Waals surface area (Å²) in [5.74, 6) is 0.783.